The summed E-state index contributed by atoms with van der Waals surface area (Å²) in [5.41, 5.74) is 2.42. The summed E-state index contributed by atoms with van der Waals surface area (Å²) in [7, 11) is 0. The molecule has 0 bridgehead atoms. The molecule has 0 aliphatic rings. The maximum absolute atomic E-state index is 14.6. The van der Waals surface area contributed by atoms with Crippen molar-refractivity contribution >= 4 is 11.8 Å². The molecule has 0 spiro atoms. The summed E-state index contributed by atoms with van der Waals surface area (Å²) < 4.78 is 20.4. The topological polar surface area (TPSA) is 58.6 Å². The zero-order chi connectivity index (χ0) is 25.9. The number of halogens is 1. The number of rotatable bonds is 12. The van der Waals surface area contributed by atoms with E-state index in [-0.39, 0.29) is 19.1 Å². The highest BCUT2D eigenvalue weighted by Gasteiger charge is 2.31. The van der Waals surface area contributed by atoms with E-state index in [1.54, 1.807) is 18.2 Å². The van der Waals surface area contributed by atoms with Gasteiger partial charge in [-0.1, -0.05) is 81.4 Å². The van der Waals surface area contributed by atoms with Crippen LogP contribution >= 0.6 is 0 Å². The van der Waals surface area contributed by atoms with Crippen molar-refractivity contribution in [1.82, 2.24) is 10.2 Å². The van der Waals surface area contributed by atoms with Gasteiger partial charge in [0.25, 0.3) is 5.91 Å². The van der Waals surface area contributed by atoms with Crippen LogP contribution in [0, 0.1) is 5.82 Å². The maximum Gasteiger partial charge on any atom is 0.261 e. The maximum atomic E-state index is 14.6. The van der Waals surface area contributed by atoms with Crippen LogP contribution in [0.4, 0.5) is 4.39 Å². The van der Waals surface area contributed by atoms with Crippen LogP contribution < -0.4 is 10.1 Å². The molecule has 36 heavy (non-hydrogen) atoms. The SMILES string of the molecule is CCCNC(=O)[C@H](Cc1ccccc1)N(Cc1ccccc1F)C(=O)COc1ccc(C(C)C)cc1. The fraction of sp³-hybridized carbons (Fsp3) is 0.333. The first-order valence-corrected chi connectivity index (χ1v) is 12.5. The molecule has 190 valence electrons. The van der Waals surface area contributed by atoms with Crippen molar-refractivity contribution in [2.45, 2.75) is 52.1 Å². The fourth-order valence-corrected chi connectivity index (χ4v) is 3.91. The largest absolute Gasteiger partial charge is 0.484 e. The molecule has 5 nitrogen and oxygen atoms in total. The molecule has 2 amide bonds. The van der Waals surface area contributed by atoms with Crippen molar-refractivity contribution in [2.75, 3.05) is 13.2 Å². The molecule has 0 unspecified atom stereocenters. The van der Waals surface area contributed by atoms with E-state index in [1.165, 1.54) is 16.5 Å². The molecule has 0 saturated carbocycles. The predicted molar refractivity (Wildman–Crippen MR) is 140 cm³/mol. The summed E-state index contributed by atoms with van der Waals surface area (Å²) in [6.07, 6.45) is 1.07. The summed E-state index contributed by atoms with van der Waals surface area (Å²) in [4.78, 5) is 28.2. The van der Waals surface area contributed by atoms with Gasteiger partial charge in [-0.2, -0.15) is 0 Å². The molecular weight excluding hydrogens is 455 g/mol. The number of amides is 2. The predicted octanol–water partition coefficient (Wildman–Crippen LogP) is 5.49. The lowest BCUT2D eigenvalue weighted by atomic mass is 10.0. The lowest BCUT2D eigenvalue weighted by molar-refractivity contribution is -0.142. The molecule has 0 heterocycles. The number of carbonyl (C=O) groups is 2. The molecule has 0 fully saturated rings. The zero-order valence-corrected chi connectivity index (χ0v) is 21.2. The number of hydrogen-bond acceptors (Lipinski definition) is 3. The van der Waals surface area contributed by atoms with Gasteiger partial charge >= 0.3 is 0 Å². The van der Waals surface area contributed by atoms with Gasteiger partial charge in [0.15, 0.2) is 6.61 Å². The first-order chi connectivity index (χ1) is 17.4. The average molecular weight is 491 g/mol. The van der Waals surface area contributed by atoms with Gasteiger partial charge in [-0.3, -0.25) is 9.59 Å². The monoisotopic (exact) mass is 490 g/mol. The highest BCUT2D eigenvalue weighted by Crippen LogP contribution is 2.20. The highest BCUT2D eigenvalue weighted by molar-refractivity contribution is 5.88. The van der Waals surface area contributed by atoms with Crippen LogP contribution in [0.1, 0.15) is 49.8 Å². The van der Waals surface area contributed by atoms with Crippen molar-refractivity contribution in [3.63, 3.8) is 0 Å². The zero-order valence-electron chi connectivity index (χ0n) is 21.2. The average Bonchev–Trinajstić information content (AvgIpc) is 2.89. The molecule has 0 aliphatic heterocycles. The summed E-state index contributed by atoms with van der Waals surface area (Å²) in [5, 5.41) is 2.91. The summed E-state index contributed by atoms with van der Waals surface area (Å²) in [6.45, 7) is 6.37. The van der Waals surface area contributed by atoms with Crippen molar-refractivity contribution in [2.24, 2.45) is 0 Å². The minimum absolute atomic E-state index is 0.0435. The standard InChI is InChI=1S/C30H35FN2O3/c1-4-18-32-30(35)28(19-23-10-6-5-7-11-23)33(20-25-12-8-9-13-27(25)31)29(34)21-36-26-16-14-24(15-17-26)22(2)3/h5-17,22,28H,4,18-21H2,1-3H3,(H,32,35)/t28-/m0/s1. The van der Waals surface area contributed by atoms with Gasteiger partial charge < -0.3 is 15.0 Å². The van der Waals surface area contributed by atoms with Gasteiger partial charge in [0, 0.05) is 25.1 Å². The molecule has 1 atom stereocenters. The van der Waals surface area contributed by atoms with E-state index in [0.717, 1.165) is 12.0 Å². The van der Waals surface area contributed by atoms with Crippen molar-refractivity contribution < 1.29 is 18.7 Å². The van der Waals surface area contributed by atoms with Gasteiger partial charge in [-0.05, 0) is 41.7 Å². The van der Waals surface area contributed by atoms with Crippen LogP contribution in [-0.4, -0.2) is 35.9 Å². The van der Waals surface area contributed by atoms with E-state index in [2.05, 4.69) is 19.2 Å². The number of benzene rings is 3. The van der Waals surface area contributed by atoms with E-state index in [0.29, 0.717) is 30.2 Å². The first kappa shape index (κ1) is 26.9. The van der Waals surface area contributed by atoms with Crippen LogP contribution in [-0.2, 0) is 22.6 Å². The number of nitrogens with one attached hydrogen (secondary N) is 1. The van der Waals surface area contributed by atoms with Crippen LogP contribution in [0.3, 0.4) is 0 Å². The quantitative estimate of drug-likeness (QED) is 0.365. The Morgan fingerprint density at radius 1 is 0.944 bits per heavy atom. The Morgan fingerprint density at radius 2 is 1.61 bits per heavy atom. The second kappa shape index (κ2) is 13.4. The third-order valence-electron chi connectivity index (χ3n) is 6.03. The lowest BCUT2D eigenvalue weighted by Crippen LogP contribution is -2.51. The second-order valence-corrected chi connectivity index (χ2v) is 9.12. The Bertz CT molecular complexity index is 1120. The minimum Gasteiger partial charge on any atom is -0.484 e. The van der Waals surface area contributed by atoms with Crippen molar-refractivity contribution in [3.8, 4) is 5.75 Å². The van der Waals surface area contributed by atoms with Crippen molar-refractivity contribution in [1.29, 1.82) is 0 Å². The van der Waals surface area contributed by atoms with E-state index in [4.69, 9.17) is 4.74 Å². The van der Waals surface area contributed by atoms with Gasteiger partial charge in [-0.15, -0.1) is 0 Å². The lowest BCUT2D eigenvalue weighted by Gasteiger charge is -2.31. The van der Waals surface area contributed by atoms with Gasteiger partial charge in [0.05, 0.1) is 0 Å². The van der Waals surface area contributed by atoms with E-state index in [9.17, 15) is 14.0 Å². The number of nitrogens with zero attached hydrogens (tertiary/aromatic N) is 1. The van der Waals surface area contributed by atoms with Gasteiger partial charge in [-0.25, -0.2) is 4.39 Å². The molecule has 3 rings (SSSR count). The van der Waals surface area contributed by atoms with E-state index in [1.807, 2.05) is 61.5 Å². The molecule has 0 aliphatic carbocycles. The number of ether oxygens (including phenoxy) is 1. The second-order valence-electron chi connectivity index (χ2n) is 9.12. The smallest absolute Gasteiger partial charge is 0.261 e. The Kier molecular flexibility index (Phi) is 10.0. The first-order valence-electron chi connectivity index (χ1n) is 12.5. The van der Waals surface area contributed by atoms with Gasteiger partial charge in [0.2, 0.25) is 5.91 Å². The van der Waals surface area contributed by atoms with E-state index < -0.39 is 17.8 Å². The normalized spacial score (nSPS) is 11.7. The summed E-state index contributed by atoms with van der Waals surface area (Å²) >= 11 is 0. The summed E-state index contributed by atoms with van der Waals surface area (Å²) in [6, 6.07) is 22.6. The van der Waals surface area contributed by atoms with Crippen LogP contribution in [0.15, 0.2) is 78.9 Å². The molecule has 3 aromatic rings. The molecular formula is C30H35FN2O3. The minimum atomic E-state index is -0.821. The number of hydrogen-bond donors (Lipinski definition) is 1. The van der Waals surface area contributed by atoms with Crippen LogP contribution in [0.25, 0.3) is 0 Å². The van der Waals surface area contributed by atoms with Crippen LogP contribution in [0.5, 0.6) is 5.75 Å². The molecule has 6 heteroatoms. The molecule has 0 radical (unpaired) electrons. The molecule has 1 N–H and O–H groups in total. The van der Waals surface area contributed by atoms with Gasteiger partial charge in [0.1, 0.15) is 17.6 Å². The molecule has 0 saturated heterocycles. The third kappa shape index (κ3) is 7.67. The molecule has 3 aromatic carbocycles. The van der Waals surface area contributed by atoms with Crippen LogP contribution in [0.2, 0.25) is 0 Å². The van der Waals surface area contributed by atoms with Crippen molar-refractivity contribution in [3.05, 3.63) is 101 Å². The summed E-state index contributed by atoms with van der Waals surface area (Å²) in [5.74, 6) is -0.135. The Morgan fingerprint density at radius 3 is 2.25 bits per heavy atom. The van der Waals surface area contributed by atoms with E-state index >= 15 is 0 Å². The number of carbonyl (C=O) groups excluding carboxylic acids is 2. The Balaban J connectivity index is 1.87. The Hall–Kier alpha value is -3.67. The Labute approximate surface area is 213 Å². The fourth-order valence-electron chi connectivity index (χ4n) is 3.91. The third-order valence-corrected chi connectivity index (χ3v) is 6.03. The molecule has 0 aromatic heterocycles. The highest BCUT2D eigenvalue weighted by atomic mass is 19.1.